The van der Waals surface area contributed by atoms with Crippen molar-refractivity contribution in [3.8, 4) is 0 Å². The number of rotatable bonds is 6. The van der Waals surface area contributed by atoms with Gasteiger partial charge in [-0.15, -0.1) is 11.8 Å². The zero-order valence-electron chi connectivity index (χ0n) is 15.9. The summed E-state index contributed by atoms with van der Waals surface area (Å²) in [6.45, 7) is 2.19. The Hall–Kier alpha value is -1.01. The molecule has 0 bridgehead atoms. The molecule has 2 aliphatic heterocycles. The number of anilines is 1. The van der Waals surface area contributed by atoms with E-state index >= 15 is 0 Å². The van der Waals surface area contributed by atoms with Crippen LogP contribution < -0.4 is 5.32 Å². The number of nitrogens with one attached hydrogen (secondary N) is 1. The molecule has 2 heterocycles. The van der Waals surface area contributed by atoms with E-state index in [1.807, 2.05) is 30.3 Å². The number of amides is 1. The van der Waals surface area contributed by atoms with Crippen LogP contribution in [-0.4, -0.2) is 22.7 Å². The number of nitrogens with zero attached hydrogens (tertiary/aromatic N) is 1. The number of aliphatic imine (C=N–C) groups is 1. The zero-order valence-corrected chi connectivity index (χ0v) is 19.8. The van der Waals surface area contributed by atoms with Crippen molar-refractivity contribution in [3.63, 3.8) is 0 Å². The minimum atomic E-state index is -0.870. The summed E-state index contributed by atoms with van der Waals surface area (Å²) in [6, 6.07) is 13.4. The van der Waals surface area contributed by atoms with Crippen LogP contribution in [0.25, 0.3) is 0 Å². The van der Waals surface area contributed by atoms with Crippen molar-refractivity contribution < 1.29 is 4.79 Å². The first-order valence-electron chi connectivity index (χ1n) is 9.69. The third-order valence-electron chi connectivity index (χ3n) is 5.48. The number of alkyl halides is 1. The highest BCUT2D eigenvalue weighted by Crippen LogP contribution is 2.50. The first-order valence-corrected chi connectivity index (χ1v) is 12.2. The molecule has 3 atom stereocenters. The topological polar surface area (TPSA) is 41.5 Å². The molecule has 0 saturated heterocycles. The molecule has 0 fully saturated rings. The average molecular weight is 512 g/mol. The van der Waals surface area contributed by atoms with Crippen LogP contribution in [0.15, 0.2) is 47.5 Å². The van der Waals surface area contributed by atoms with E-state index in [9.17, 15) is 4.79 Å². The average Bonchev–Trinajstić information content (AvgIpc) is 3.26. The summed E-state index contributed by atoms with van der Waals surface area (Å²) < 4.78 is -0.870. The van der Waals surface area contributed by atoms with Crippen molar-refractivity contribution in [1.82, 2.24) is 0 Å². The number of hydrogen-bond acceptors (Lipinski definition) is 3. The fraction of sp³-hybridized carbons (Fsp3) is 0.364. The number of carbonyl (C=O) groups is 1. The largest absolute Gasteiger partial charge is 0.324 e. The van der Waals surface area contributed by atoms with Crippen LogP contribution in [0.1, 0.15) is 43.2 Å². The lowest BCUT2D eigenvalue weighted by molar-refractivity contribution is -0.118. The maximum absolute atomic E-state index is 12.9. The Morgan fingerprint density at radius 2 is 2.07 bits per heavy atom. The molecule has 2 aliphatic rings. The van der Waals surface area contributed by atoms with E-state index in [0.717, 1.165) is 46.3 Å². The summed E-state index contributed by atoms with van der Waals surface area (Å²) in [5.41, 5.74) is 2.84. The fourth-order valence-electron chi connectivity index (χ4n) is 3.95. The monoisotopic (exact) mass is 510 g/mol. The molecular formula is C22H21BrCl2N2OS. The number of carbonyl (C=O) groups excluding carboxylic acids is 1. The molecule has 3 nitrogen and oxygen atoms in total. The van der Waals surface area contributed by atoms with E-state index in [2.05, 4.69) is 34.2 Å². The van der Waals surface area contributed by atoms with Crippen molar-refractivity contribution in [2.75, 3.05) is 11.1 Å². The molecule has 1 N–H and O–H groups in total. The van der Waals surface area contributed by atoms with Gasteiger partial charge in [-0.05, 0) is 36.2 Å². The van der Waals surface area contributed by atoms with Gasteiger partial charge in [-0.2, -0.15) is 0 Å². The predicted molar refractivity (Wildman–Crippen MR) is 128 cm³/mol. The van der Waals surface area contributed by atoms with Gasteiger partial charge in [0.15, 0.2) is 4.32 Å². The number of halogens is 3. The Labute approximate surface area is 193 Å². The maximum Gasteiger partial charge on any atom is 0.248 e. The summed E-state index contributed by atoms with van der Waals surface area (Å²) in [7, 11) is 0. The van der Waals surface area contributed by atoms with Gasteiger partial charge in [0.1, 0.15) is 0 Å². The van der Waals surface area contributed by atoms with Gasteiger partial charge in [0.2, 0.25) is 5.91 Å². The van der Waals surface area contributed by atoms with E-state index in [1.165, 1.54) is 5.56 Å². The van der Waals surface area contributed by atoms with Crippen LogP contribution in [0, 0.1) is 0 Å². The van der Waals surface area contributed by atoms with Gasteiger partial charge < -0.3 is 5.32 Å². The fourth-order valence-corrected chi connectivity index (χ4v) is 6.56. The van der Waals surface area contributed by atoms with Gasteiger partial charge in [0, 0.05) is 33.0 Å². The van der Waals surface area contributed by atoms with Crippen molar-refractivity contribution in [2.45, 2.75) is 42.5 Å². The van der Waals surface area contributed by atoms with Crippen LogP contribution in [0.5, 0.6) is 0 Å². The van der Waals surface area contributed by atoms with E-state index in [1.54, 1.807) is 17.8 Å². The lowest BCUT2D eigenvalue weighted by atomic mass is 9.92. The van der Waals surface area contributed by atoms with Crippen LogP contribution in [0.4, 0.5) is 5.69 Å². The van der Waals surface area contributed by atoms with Gasteiger partial charge >= 0.3 is 0 Å². The van der Waals surface area contributed by atoms with E-state index < -0.39 is 4.32 Å². The summed E-state index contributed by atoms with van der Waals surface area (Å²) in [6.07, 6.45) is 3.25. The van der Waals surface area contributed by atoms with Crippen molar-refractivity contribution in [3.05, 3.63) is 63.6 Å². The van der Waals surface area contributed by atoms with Gasteiger partial charge in [0.05, 0.1) is 11.1 Å². The molecule has 1 amide bonds. The zero-order chi connectivity index (χ0) is 20.6. The lowest BCUT2D eigenvalue weighted by Gasteiger charge is -2.24. The molecule has 3 unspecified atom stereocenters. The summed E-state index contributed by atoms with van der Waals surface area (Å²) in [5, 5.41) is 5.38. The number of fused-ring (bicyclic) bond motifs is 1. The quantitative estimate of drug-likeness (QED) is 0.423. The highest BCUT2D eigenvalue weighted by Gasteiger charge is 2.52. The Kier molecular flexibility index (Phi) is 6.31. The Morgan fingerprint density at radius 1 is 1.28 bits per heavy atom. The highest BCUT2D eigenvalue weighted by atomic mass is 79.9. The Bertz CT molecular complexity index is 983. The number of benzene rings is 2. The number of thioether (sulfide) groups is 1. The Morgan fingerprint density at radius 3 is 2.83 bits per heavy atom. The van der Waals surface area contributed by atoms with E-state index in [-0.39, 0.29) is 17.9 Å². The summed E-state index contributed by atoms with van der Waals surface area (Å²) >= 11 is 17.9. The van der Waals surface area contributed by atoms with E-state index in [4.69, 9.17) is 28.2 Å². The molecule has 4 rings (SSSR count). The molecule has 29 heavy (non-hydrogen) atoms. The van der Waals surface area contributed by atoms with E-state index in [0.29, 0.717) is 5.02 Å². The third-order valence-corrected chi connectivity index (χ3v) is 8.43. The molecule has 0 aromatic heterocycles. The molecule has 0 spiro atoms. The van der Waals surface area contributed by atoms with Gasteiger partial charge in [-0.25, -0.2) is 0 Å². The number of hydrogen-bond donors (Lipinski definition) is 1. The second kappa shape index (κ2) is 8.62. The normalized spacial score (nSPS) is 24.2. The summed E-state index contributed by atoms with van der Waals surface area (Å²) in [5.74, 6) is 0.867. The molecule has 2 aromatic carbocycles. The standard InChI is InChI=1S/C22H21BrCl2N2OS/c1-2-3-7-16(13-5-4-6-14(24)10-13)20-27-19(12-29-20)22(23)17-9-8-15(25)11-18(17)26-21(22)28/h4-6,8-11,16,19H,2-3,7,12H2,1H3,(H,26,28). The van der Waals surface area contributed by atoms with Gasteiger partial charge in [-0.3, -0.25) is 9.79 Å². The second-order valence-corrected chi connectivity index (χ2v) is 10.6. The molecular weight excluding hydrogens is 491 g/mol. The van der Waals surface area contributed by atoms with Crippen molar-refractivity contribution >= 4 is 67.5 Å². The molecule has 0 radical (unpaired) electrons. The second-order valence-electron chi connectivity index (χ2n) is 7.40. The van der Waals surface area contributed by atoms with Gasteiger partial charge in [-0.1, -0.05) is 77.1 Å². The highest BCUT2D eigenvalue weighted by molar-refractivity contribution is 9.10. The summed E-state index contributed by atoms with van der Waals surface area (Å²) in [4.78, 5) is 18.0. The SMILES string of the molecule is CCCCC(C1=NC(C2(Br)C(=O)Nc3cc(Cl)ccc32)CS1)c1cccc(Cl)c1. The minimum absolute atomic E-state index is 0.0850. The van der Waals surface area contributed by atoms with Crippen LogP contribution in [-0.2, 0) is 9.12 Å². The van der Waals surface area contributed by atoms with Crippen LogP contribution in [0.2, 0.25) is 10.0 Å². The first-order chi connectivity index (χ1) is 13.9. The predicted octanol–water partition coefficient (Wildman–Crippen LogP) is 7.02. The number of unbranched alkanes of at least 4 members (excludes halogenated alkanes) is 1. The molecule has 7 heteroatoms. The van der Waals surface area contributed by atoms with Crippen LogP contribution >= 0.6 is 50.9 Å². The first kappa shape index (κ1) is 21.2. The van der Waals surface area contributed by atoms with Gasteiger partial charge in [0.25, 0.3) is 0 Å². The Balaban J connectivity index is 1.68. The molecule has 0 aliphatic carbocycles. The van der Waals surface area contributed by atoms with Crippen molar-refractivity contribution in [2.24, 2.45) is 4.99 Å². The molecule has 0 saturated carbocycles. The third kappa shape index (κ3) is 3.99. The minimum Gasteiger partial charge on any atom is -0.324 e. The smallest absolute Gasteiger partial charge is 0.248 e. The molecule has 152 valence electrons. The lowest BCUT2D eigenvalue weighted by Crippen LogP contribution is -2.39. The maximum atomic E-state index is 12.9. The van der Waals surface area contributed by atoms with Crippen LogP contribution in [0.3, 0.4) is 0 Å². The van der Waals surface area contributed by atoms with Crippen molar-refractivity contribution in [1.29, 1.82) is 0 Å². The molecule has 2 aromatic rings.